The predicted octanol–water partition coefficient (Wildman–Crippen LogP) is 3.82. The lowest BCUT2D eigenvalue weighted by molar-refractivity contribution is 0.0568. The van der Waals surface area contributed by atoms with Crippen molar-refractivity contribution in [3.63, 3.8) is 0 Å². The van der Waals surface area contributed by atoms with Gasteiger partial charge in [0.2, 0.25) is 0 Å². The van der Waals surface area contributed by atoms with E-state index < -0.39 is 0 Å². The van der Waals surface area contributed by atoms with Crippen LogP contribution in [0.3, 0.4) is 0 Å². The maximum absolute atomic E-state index is 10.6. The van der Waals surface area contributed by atoms with Crippen LogP contribution in [-0.2, 0) is 6.54 Å². The van der Waals surface area contributed by atoms with E-state index >= 15 is 0 Å². The van der Waals surface area contributed by atoms with Crippen molar-refractivity contribution in [2.75, 3.05) is 13.1 Å². The molecular formula is C22H25N3O. The van der Waals surface area contributed by atoms with Gasteiger partial charge in [0, 0.05) is 24.6 Å². The number of likely N-dealkylation sites (tertiary alicyclic amines) is 1. The number of rotatable bonds is 5. The minimum absolute atomic E-state index is 0.340. The molecule has 3 aromatic rings. The van der Waals surface area contributed by atoms with Crippen LogP contribution in [-0.4, -0.2) is 32.6 Å². The molecule has 1 saturated heterocycles. The fraction of sp³-hybridized carbons (Fsp3) is 0.318. The molecule has 0 bridgehead atoms. The third kappa shape index (κ3) is 3.87. The molecule has 4 heteroatoms. The summed E-state index contributed by atoms with van der Waals surface area (Å²) in [7, 11) is 0. The molecule has 2 aromatic carbocycles. The molecule has 4 nitrogen and oxygen atoms in total. The molecule has 26 heavy (non-hydrogen) atoms. The summed E-state index contributed by atoms with van der Waals surface area (Å²) in [5.74, 6) is 0.359. The number of aliphatic hydroxyl groups excluding tert-OH is 1. The zero-order valence-corrected chi connectivity index (χ0v) is 14.9. The van der Waals surface area contributed by atoms with Crippen molar-refractivity contribution in [3.05, 3.63) is 84.4 Å². The minimum atomic E-state index is -0.340. The zero-order valence-electron chi connectivity index (χ0n) is 14.9. The van der Waals surface area contributed by atoms with E-state index in [0.29, 0.717) is 5.92 Å². The molecule has 1 aromatic heterocycles. The number of aromatic nitrogens is 2. The fourth-order valence-corrected chi connectivity index (χ4v) is 3.79. The van der Waals surface area contributed by atoms with Crippen molar-refractivity contribution < 1.29 is 5.11 Å². The van der Waals surface area contributed by atoms with Gasteiger partial charge in [-0.05, 0) is 55.1 Å². The van der Waals surface area contributed by atoms with Crippen molar-refractivity contribution in [2.45, 2.75) is 25.5 Å². The molecule has 1 unspecified atom stereocenters. The summed E-state index contributed by atoms with van der Waals surface area (Å²) < 4.78 is 2.01. The molecule has 0 aliphatic carbocycles. The number of piperidine rings is 1. The highest BCUT2D eigenvalue weighted by atomic mass is 16.3. The smallest absolute Gasteiger partial charge is 0.0991 e. The van der Waals surface area contributed by atoms with E-state index in [1.54, 1.807) is 6.20 Å². The Morgan fingerprint density at radius 2 is 1.73 bits per heavy atom. The highest BCUT2D eigenvalue weighted by Gasteiger charge is 2.26. The highest BCUT2D eigenvalue weighted by Crippen LogP contribution is 2.31. The van der Waals surface area contributed by atoms with Crippen LogP contribution < -0.4 is 0 Å². The fourth-order valence-electron chi connectivity index (χ4n) is 3.79. The lowest BCUT2D eigenvalue weighted by Gasteiger charge is -2.34. The topological polar surface area (TPSA) is 41.3 Å². The molecule has 0 saturated carbocycles. The molecule has 2 heterocycles. The van der Waals surface area contributed by atoms with Crippen LogP contribution in [0.25, 0.3) is 5.69 Å². The maximum atomic E-state index is 10.6. The van der Waals surface area contributed by atoms with Gasteiger partial charge in [-0.1, -0.05) is 42.5 Å². The van der Waals surface area contributed by atoms with Gasteiger partial charge in [-0.2, -0.15) is 0 Å². The number of hydrogen-bond donors (Lipinski definition) is 1. The summed E-state index contributed by atoms with van der Waals surface area (Å²) in [5, 5.41) is 10.6. The van der Waals surface area contributed by atoms with Crippen molar-refractivity contribution in [2.24, 2.45) is 5.92 Å². The molecule has 1 aliphatic heterocycles. The normalized spacial score (nSPS) is 17.3. The monoisotopic (exact) mass is 347 g/mol. The average Bonchev–Trinajstić information content (AvgIpc) is 3.24. The van der Waals surface area contributed by atoms with Gasteiger partial charge in [-0.3, -0.25) is 4.90 Å². The Hall–Kier alpha value is -2.43. The second kappa shape index (κ2) is 7.85. The molecular weight excluding hydrogens is 322 g/mol. The number of aliphatic hydroxyl groups is 1. The summed E-state index contributed by atoms with van der Waals surface area (Å²) in [4.78, 5) is 6.58. The Bertz CT molecular complexity index is 791. The molecule has 4 rings (SSSR count). The van der Waals surface area contributed by atoms with E-state index in [-0.39, 0.29) is 6.10 Å². The predicted molar refractivity (Wildman–Crippen MR) is 103 cm³/mol. The zero-order chi connectivity index (χ0) is 17.8. The summed E-state index contributed by atoms with van der Waals surface area (Å²) in [6, 6.07) is 18.7. The lowest BCUT2D eigenvalue weighted by Crippen LogP contribution is -2.35. The third-order valence-corrected chi connectivity index (χ3v) is 5.36. The van der Waals surface area contributed by atoms with Gasteiger partial charge < -0.3 is 9.67 Å². The van der Waals surface area contributed by atoms with Crippen LogP contribution in [0.4, 0.5) is 0 Å². The Morgan fingerprint density at radius 3 is 2.38 bits per heavy atom. The lowest BCUT2D eigenvalue weighted by atomic mass is 9.87. The van der Waals surface area contributed by atoms with Crippen molar-refractivity contribution in [1.82, 2.24) is 14.5 Å². The Labute approximate surface area is 154 Å². The molecule has 0 radical (unpaired) electrons. The number of benzene rings is 2. The molecule has 1 atom stereocenters. The number of imidazole rings is 1. The third-order valence-electron chi connectivity index (χ3n) is 5.36. The Balaban J connectivity index is 1.31. The van der Waals surface area contributed by atoms with Crippen LogP contribution >= 0.6 is 0 Å². The summed E-state index contributed by atoms with van der Waals surface area (Å²) in [5.41, 5.74) is 3.51. The summed E-state index contributed by atoms with van der Waals surface area (Å²) in [6.45, 7) is 3.05. The quantitative estimate of drug-likeness (QED) is 0.763. The first-order valence-corrected chi connectivity index (χ1v) is 9.32. The summed E-state index contributed by atoms with van der Waals surface area (Å²) >= 11 is 0. The van der Waals surface area contributed by atoms with Crippen molar-refractivity contribution >= 4 is 0 Å². The second-order valence-electron chi connectivity index (χ2n) is 7.11. The Kier molecular flexibility index (Phi) is 5.14. The van der Waals surface area contributed by atoms with Gasteiger partial charge in [0.05, 0.1) is 12.4 Å². The van der Waals surface area contributed by atoms with Crippen LogP contribution in [0.1, 0.15) is 30.1 Å². The van der Waals surface area contributed by atoms with E-state index in [0.717, 1.165) is 43.7 Å². The van der Waals surface area contributed by atoms with Gasteiger partial charge in [-0.15, -0.1) is 0 Å². The first kappa shape index (κ1) is 17.0. The summed E-state index contributed by atoms with van der Waals surface area (Å²) in [6.07, 6.45) is 7.32. The van der Waals surface area contributed by atoms with Gasteiger partial charge in [0.1, 0.15) is 0 Å². The van der Waals surface area contributed by atoms with E-state index in [4.69, 9.17) is 0 Å². The first-order valence-electron chi connectivity index (χ1n) is 9.32. The van der Waals surface area contributed by atoms with Crippen LogP contribution in [0.5, 0.6) is 0 Å². The first-order chi connectivity index (χ1) is 12.8. The van der Waals surface area contributed by atoms with E-state index in [2.05, 4.69) is 34.1 Å². The van der Waals surface area contributed by atoms with Crippen molar-refractivity contribution in [1.29, 1.82) is 0 Å². The average molecular weight is 347 g/mol. The SMILES string of the molecule is OC(c1ccccc1)C1CCN(Cc2ccc(-n3ccnc3)cc2)CC1. The molecule has 1 N–H and O–H groups in total. The van der Waals surface area contributed by atoms with Crippen LogP contribution in [0, 0.1) is 5.92 Å². The standard InChI is InChI=1S/C22H25N3O/c26-22(19-4-2-1-3-5-19)20-10-13-24(14-11-20)16-18-6-8-21(9-7-18)25-15-12-23-17-25/h1-9,12,15,17,20,22,26H,10-11,13-14,16H2. The molecule has 0 amide bonds. The number of nitrogens with zero attached hydrogens (tertiary/aromatic N) is 3. The number of hydrogen-bond acceptors (Lipinski definition) is 3. The molecule has 134 valence electrons. The largest absolute Gasteiger partial charge is 0.388 e. The highest BCUT2D eigenvalue weighted by molar-refractivity contribution is 5.34. The Morgan fingerprint density at radius 1 is 1.00 bits per heavy atom. The molecule has 0 spiro atoms. The molecule has 1 aliphatic rings. The van der Waals surface area contributed by atoms with Gasteiger partial charge in [-0.25, -0.2) is 4.98 Å². The van der Waals surface area contributed by atoms with E-state index in [9.17, 15) is 5.11 Å². The van der Waals surface area contributed by atoms with Crippen molar-refractivity contribution in [3.8, 4) is 5.69 Å². The van der Waals surface area contributed by atoms with E-state index in [1.165, 1.54) is 5.56 Å². The minimum Gasteiger partial charge on any atom is -0.388 e. The maximum Gasteiger partial charge on any atom is 0.0991 e. The van der Waals surface area contributed by atoms with Gasteiger partial charge in [0.25, 0.3) is 0 Å². The van der Waals surface area contributed by atoms with Gasteiger partial charge >= 0.3 is 0 Å². The molecule has 1 fully saturated rings. The van der Waals surface area contributed by atoms with Crippen LogP contribution in [0.2, 0.25) is 0 Å². The van der Waals surface area contributed by atoms with Crippen LogP contribution in [0.15, 0.2) is 73.3 Å². The second-order valence-corrected chi connectivity index (χ2v) is 7.11. The van der Waals surface area contributed by atoms with Gasteiger partial charge in [0.15, 0.2) is 0 Å². The van der Waals surface area contributed by atoms with E-state index in [1.807, 2.05) is 47.4 Å².